The predicted octanol–water partition coefficient (Wildman–Crippen LogP) is -0.424. The second-order valence-electron chi connectivity index (χ2n) is 6.49. The molecule has 4 rings (SSSR count). The maximum atomic E-state index is 10.6. The van der Waals surface area contributed by atoms with Crippen molar-refractivity contribution in [3.05, 3.63) is 34.1 Å². The van der Waals surface area contributed by atoms with Crippen LogP contribution in [0, 0.1) is 10.1 Å². The number of nitrogens with zero attached hydrogens (tertiary/aromatic N) is 8. The lowest BCUT2D eigenvalue weighted by atomic mass is 10.3. The third kappa shape index (κ3) is 3.44. The van der Waals surface area contributed by atoms with Gasteiger partial charge in [0.25, 0.3) is 0 Å². The number of fused-ring (bicyclic) bond motifs is 1. The maximum Gasteiger partial charge on any atom is 0.235 e. The van der Waals surface area contributed by atoms with Crippen LogP contribution in [-0.4, -0.2) is 84.5 Å². The van der Waals surface area contributed by atoms with Crippen molar-refractivity contribution in [1.82, 2.24) is 34.7 Å². The molecule has 12 nitrogen and oxygen atoms in total. The molecule has 1 aliphatic rings. The molecule has 0 aromatic carbocycles. The van der Waals surface area contributed by atoms with Gasteiger partial charge in [0.15, 0.2) is 17.6 Å². The fourth-order valence-electron chi connectivity index (χ4n) is 2.99. The molecule has 0 bridgehead atoms. The number of aromatic nitrogens is 6. The third-order valence-electron chi connectivity index (χ3n) is 4.56. The summed E-state index contributed by atoms with van der Waals surface area (Å²) < 4.78 is 1.58. The number of rotatable bonds is 5. The van der Waals surface area contributed by atoms with Crippen molar-refractivity contribution in [2.45, 2.75) is 6.10 Å². The fraction of sp³-hybridized carbons (Fsp3) is 0.467. The molecule has 0 saturated carbocycles. The first kappa shape index (κ1) is 17.3. The Balaban J connectivity index is 1.63. The van der Waals surface area contributed by atoms with Crippen molar-refractivity contribution < 1.29 is 10.0 Å². The highest BCUT2D eigenvalue weighted by Crippen LogP contribution is 2.20. The van der Waals surface area contributed by atoms with Gasteiger partial charge in [0.2, 0.25) is 12.4 Å². The van der Waals surface area contributed by atoms with Crippen molar-refractivity contribution >= 4 is 11.5 Å². The summed E-state index contributed by atoms with van der Waals surface area (Å²) in [6.07, 6.45) is 0.0869. The molecule has 1 atom stereocenters. The van der Waals surface area contributed by atoms with Gasteiger partial charge in [0.1, 0.15) is 5.82 Å². The lowest BCUT2D eigenvalue weighted by Gasteiger charge is -2.32. The number of piperazine rings is 1. The van der Waals surface area contributed by atoms with Gasteiger partial charge < -0.3 is 19.9 Å². The average molecular weight is 373 g/mol. The number of nitro groups is 1. The van der Waals surface area contributed by atoms with Crippen molar-refractivity contribution in [2.24, 2.45) is 0 Å². The highest BCUT2D eigenvalue weighted by molar-refractivity contribution is 5.54. The van der Waals surface area contributed by atoms with Crippen LogP contribution in [0.5, 0.6) is 0 Å². The molecule has 1 aliphatic heterocycles. The zero-order chi connectivity index (χ0) is 19.0. The van der Waals surface area contributed by atoms with Crippen LogP contribution < -0.4 is 4.90 Å². The van der Waals surface area contributed by atoms with Gasteiger partial charge in [-0.15, -0.1) is 15.3 Å². The van der Waals surface area contributed by atoms with E-state index in [1.807, 2.05) is 12.1 Å². The summed E-state index contributed by atoms with van der Waals surface area (Å²) >= 11 is 0. The SMILES string of the molecule is CN1CCN(c2ccc3nnc(-c4ncc(C(O)C[N+](=O)[O-])[nH]4)n3n2)CC1. The summed E-state index contributed by atoms with van der Waals surface area (Å²) in [6.45, 7) is 3.08. The van der Waals surface area contributed by atoms with E-state index in [-0.39, 0.29) is 5.69 Å². The number of nitrogens with one attached hydrogen (secondary N) is 1. The minimum absolute atomic E-state index is 0.244. The molecular weight excluding hydrogens is 354 g/mol. The summed E-state index contributed by atoms with van der Waals surface area (Å²) in [4.78, 5) is 21.5. The van der Waals surface area contributed by atoms with Crippen LogP contribution in [0.15, 0.2) is 18.3 Å². The molecular formula is C15H19N9O3. The highest BCUT2D eigenvalue weighted by Gasteiger charge is 2.21. The van der Waals surface area contributed by atoms with Gasteiger partial charge in [-0.2, -0.15) is 4.52 Å². The number of aliphatic hydroxyl groups is 1. The lowest BCUT2D eigenvalue weighted by molar-refractivity contribution is -0.491. The predicted molar refractivity (Wildman–Crippen MR) is 94.9 cm³/mol. The molecule has 0 radical (unpaired) electrons. The van der Waals surface area contributed by atoms with Gasteiger partial charge in [0, 0.05) is 31.1 Å². The third-order valence-corrected chi connectivity index (χ3v) is 4.56. The second-order valence-corrected chi connectivity index (χ2v) is 6.49. The minimum Gasteiger partial charge on any atom is -0.380 e. The van der Waals surface area contributed by atoms with Gasteiger partial charge in [-0.05, 0) is 19.2 Å². The topological polar surface area (TPSA) is 142 Å². The Bertz CT molecular complexity index is 961. The van der Waals surface area contributed by atoms with Crippen LogP contribution in [-0.2, 0) is 0 Å². The Morgan fingerprint density at radius 1 is 1.30 bits per heavy atom. The van der Waals surface area contributed by atoms with Crippen LogP contribution >= 0.6 is 0 Å². The Hall–Kier alpha value is -3.12. The Morgan fingerprint density at radius 2 is 2.07 bits per heavy atom. The summed E-state index contributed by atoms with van der Waals surface area (Å²) in [5, 5.41) is 33.3. The van der Waals surface area contributed by atoms with E-state index in [1.165, 1.54) is 6.20 Å². The fourth-order valence-corrected chi connectivity index (χ4v) is 2.99. The molecule has 12 heteroatoms. The summed E-state index contributed by atoms with van der Waals surface area (Å²) in [7, 11) is 2.09. The second kappa shape index (κ2) is 6.89. The van der Waals surface area contributed by atoms with Crippen LogP contribution in [0.1, 0.15) is 11.8 Å². The van der Waals surface area contributed by atoms with Crippen LogP contribution in [0.3, 0.4) is 0 Å². The van der Waals surface area contributed by atoms with Gasteiger partial charge in [-0.1, -0.05) is 0 Å². The van der Waals surface area contributed by atoms with Gasteiger partial charge in [-0.3, -0.25) is 10.1 Å². The summed E-state index contributed by atoms with van der Waals surface area (Å²) in [6, 6.07) is 3.75. The van der Waals surface area contributed by atoms with Crippen molar-refractivity contribution in [3.63, 3.8) is 0 Å². The zero-order valence-electron chi connectivity index (χ0n) is 14.7. The molecule has 4 heterocycles. The monoisotopic (exact) mass is 373 g/mol. The number of anilines is 1. The van der Waals surface area contributed by atoms with Gasteiger partial charge >= 0.3 is 0 Å². The number of hydrogen-bond donors (Lipinski definition) is 2. The van der Waals surface area contributed by atoms with E-state index in [0.717, 1.165) is 32.0 Å². The first-order valence-corrected chi connectivity index (χ1v) is 8.52. The molecule has 27 heavy (non-hydrogen) atoms. The van der Waals surface area contributed by atoms with Crippen molar-refractivity contribution in [2.75, 3.05) is 44.7 Å². The molecule has 1 saturated heterocycles. The van der Waals surface area contributed by atoms with Gasteiger partial charge in [0.05, 0.1) is 11.9 Å². The number of imidazole rings is 1. The lowest BCUT2D eigenvalue weighted by Crippen LogP contribution is -2.44. The van der Waals surface area contributed by atoms with Crippen LogP contribution in [0.4, 0.5) is 5.82 Å². The number of aliphatic hydroxyl groups excluding tert-OH is 1. The quantitative estimate of drug-likeness (QED) is 0.450. The summed E-state index contributed by atoms with van der Waals surface area (Å²) in [5.41, 5.74) is 0.806. The van der Waals surface area contributed by atoms with E-state index in [2.05, 4.69) is 42.1 Å². The van der Waals surface area contributed by atoms with Gasteiger partial charge in [-0.25, -0.2) is 4.98 Å². The van der Waals surface area contributed by atoms with E-state index < -0.39 is 17.6 Å². The standard InChI is InChI=1S/C15H19N9O3/c1-21-4-6-22(7-5-21)13-3-2-12-18-19-15(24(12)20-13)14-16-8-10(17-14)11(25)9-23(26)27/h2-3,8,11,25H,4-7,9H2,1H3,(H,16,17). The number of likely N-dealkylation sites (N-methyl/N-ethyl adjacent to an activating group) is 1. The largest absolute Gasteiger partial charge is 0.380 e. The van der Waals surface area contributed by atoms with Crippen molar-refractivity contribution in [1.29, 1.82) is 0 Å². The molecule has 3 aromatic rings. The van der Waals surface area contributed by atoms with E-state index >= 15 is 0 Å². The molecule has 0 aliphatic carbocycles. The smallest absolute Gasteiger partial charge is 0.235 e. The van der Waals surface area contributed by atoms with Crippen LogP contribution in [0.2, 0.25) is 0 Å². The van der Waals surface area contributed by atoms with E-state index in [1.54, 1.807) is 4.52 Å². The van der Waals surface area contributed by atoms with Crippen molar-refractivity contribution in [3.8, 4) is 11.6 Å². The molecule has 142 valence electrons. The number of aromatic amines is 1. The highest BCUT2D eigenvalue weighted by atomic mass is 16.6. The first-order valence-electron chi connectivity index (χ1n) is 8.52. The summed E-state index contributed by atoms with van der Waals surface area (Å²) in [5.74, 6) is 1.53. The maximum absolute atomic E-state index is 10.6. The Labute approximate surface area is 153 Å². The van der Waals surface area contributed by atoms with E-state index in [9.17, 15) is 15.2 Å². The number of H-pyrrole nitrogens is 1. The number of hydrogen-bond acceptors (Lipinski definition) is 9. The normalized spacial score (nSPS) is 16.7. The molecule has 2 N–H and O–H groups in total. The van der Waals surface area contributed by atoms with Crippen LogP contribution in [0.25, 0.3) is 17.3 Å². The van der Waals surface area contributed by atoms with E-state index in [4.69, 9.17) is 0 Å². The molecule has 1 unspecified atom stereocenters. The Morgan fingerprint density at radius 3 is 2.81 bits per heavy atom. The average Bonchev–Trinajstić information content (AvgIpc) is 3.28. The minimum atomic E-state index is -1.27. The Kier molecular flexibility index (Phi) is 4.41. The molecule has 1 fully saturated rings. The molecule has 3 aromatic heterocycles. The molecule has 0 amide bonds. The van der Waals surface area contributed by atoms with E-state index in [0.29, 0.717) is 17.3 Å². The molecule has 0 spiro atoms. The zero-order valence-corrected chi connectivity index (χ0v) is 14.7. The first-order chi connectivity index (χ1) is 13.0.